The van der Waals surface area contributed by atoms with Crippen LogP contribution in [0.25, 0.3) is 0 Å². The number of carboxylic acid groups (broad SMARTS) is 1. The maximum absolute atomic E-state index is 12.3. The van der Waals surface area contributed by atoms with Crippen molar-refractivity contribution in [3.63, 3.8) is 0 Å². The topological polar surface area (TPSA) is 95.0 Å². The van der Waals surface area contributed by atoms with Crippen LogP contribution in [0.15, 0.2) is 0 Å². The van der Waals surface area contributed by atoms with E-state index in [1.807, 2.05) is 0 Å². The Kier molecular flexibility index (Phi) is 9.91. The van der Waals surface area contributed by atoms with Gasteiger partial charge in [0.15, 0.2) is 0 Å². The Morgan fingerprint density at radius 3 is 2.27 bits per heavy atom. The summed E-state index contributed by atoms with van der Waals surface area (Å²) in [5.74, 6) is -0.863. The molecule has 1 fully saturated rings. The van der Waals surface area contributed by atoms with Gasteiger partial charge in [0.2, 0.25) is 0 Å². The Morgan fingerprint density at radius 2 is 1.62 bits per heavy atom. The van der Waals surface area contributed by atoms with Crippen LogP contribution in [-0.4, -0.2) is 58.2 Å². The second kappa shape index (κ2) is 11.6. The fourth-order valence-electron chi connectivity index (χ4n) is 3.22. The first-order valence-corrected chi connectivity index (χ1v) is 9.70. The van der Waals surface area contributed by atoms with Gasteiger partial charge in [-0.3, -0.25) is 19.3 Å². The van der Waals surface area contributed by atoms with Crippen LogP contribution in [0, 0.1) is 0 Å². The number of nitrogens with zero attached hydrogens (tertiary/aromatic N) is 2. The maximum Gasteiger partial charge on any atom is 0.327 e. The molecule has 148 valence electrons. The van der Waals surface area contributed by atoms with Crippen LogP contribution < -0.4 is 0 Å². The van der Waals surface area contributed by atoms with Gasteiger partial charge < -0.3 is 10.0 Å². The SMILES string of the molecule is CCCCCC(=O)CCN1C(=O)N(C)C(=O)C1CCCCCCC(=O)O. The molecule has 1 saturated heterocycles. The number of carbonyl (C=O) groups is 4. The zero-order chi connectivity index (χ0) is 19.5. The second-order valence-electron chi connectivity index (χ2n) is 6.98. The van der Waals surface area contributed by atoms with Crippen LogP contribution in [0.2, 0.25) is 0 Å². The van der Waals surface area contributed by atoms with Crippen LogP contribution in [0.4, 0.5) is 4.79 Å². The molecule has 0 aromatic rings. The van der Waals surface area contributed by atoms with E-state index in [-0.39, 0.29) is 24.1 Å². The second-order valence-corrected chi connectivity index (χ2v) is 6.98. The molecule has 26 heavy (non-hydrogen) atoms. The summed E-state index contributed by atoms with van der Waals surface area (Å²) in [5.41, 5.74) is 0. The van der Waals surface area contributed by atoms with Crippen LogP contribution in [0.1, 0.15) is 77.6 Å². The van der Waals surface area contributed by atoms with Gasteiger partial charge in [-0.2, -0.15) is 0 Å². The number of rotatable bonds is 14. The molecule has 0 aliphatic carbocycles. The van der Waals surface area contributed by atoms with E-state index in [1.54, 1.807) is 0 Å². The smallest absolute Gasteiger partial charge is 0.327 e. The van der Waals surface area contributed by atoms with Gasteiger partial charge in [-0.05, 0) is 19.3 Å². The predicted octanol–water partition coefficient (Wildman–Crippen LogP) is 3.21. The summed E-state index contributed by atoms with van der Waals surface area (Å²) in [6, 6.07) is -0.817. The minimum absolute atomic E-state index is 0.140. The number of carbonyl (C=O) groups excluding carboxylic acids is 3. The van der Waals surface area contributed by atoms with Crippen LogP contribution in [-0.2, 0) is 14.4 Å². The molecule has 0 saturated carbocycles. The van der Waals surface area contributed by atoms with Crippen molar-refractivity contribution in [2.75, 3.05) is 13.6 Å². The van der Waals surface area contributed by atoms with Gasteiger partial charge in [-0.25, -0.2) is 4.79 Å². The standard InChI is InChI=1S/C19H32N2O5/c1-3-4-7-10-15(22)13-14-21-16(18(25)20(2)19(21)26)11-8-5-6-9-12-17(23)24/h16H,3-14H2,1-2H3,(H,23,24). The van der Waals surface area contributed by atoms with E-state index in [4.69, 9.17) is 5.11 Å². The van der Waals surface area contributed by atoms with Crippen molar-refractivity contribution >= 4 is 23.7 Å². The number of Topliss-reactive ketones (excluding diaryl/α,β-unsaturated/α-hetero) is 1. The summed E-state index contributed by atoms with van der Waals surface area (Å²) in [4.78, 5) is 49.7. The van der Waals surface area contributed by atoms with Crippen LogP contribution >= 0.6 is 0 Å². The third kappa shape index (κ3) is 7.14. The molecule has 1 unspecified atom stereocenters. The summed E-state index contributed by atoms with van der Waals surface area (Å²) in [7, 11) is 1.48. The van der Waals surface area contributed by atoms with Crippen molar-refractivity contribution in [2.45, 2.75) is 83.6 Å². The average Bonchev–Trinajstić information content (AvgIpc) is 2.80. The van der Waals surface area contributed by atoms with Gasteiger partial charge in [-0.15, -0.1) is 0 Å². The number of carboxylic acids is 1. The van der Waals surface area contributed by atoms with Gasteiger partial charge >= 0.3 is 12.0 Å². The van der Waals surface area contributed by atoms with Crippen LogP contribution in [0.3, 0.4) is 0 Å². The van der Waals surface area contributed by atoms with Gasteiger partial charge in [0.05, 0.1) is 0 Å². The number of urea groups is 1. The van der Waals surface area contributed by atoms with Crippen molar-refractivity contribution in [2.24, 2.45) is 0 Å². The lowest BCUT2D eigenvalue weighted by atomic mass is 10.0. The van der Waals surface area contributed by atoms with E-state index < -0.39 is 12.0 Å². The number of imide groups is 1. The molecule has 0 bridgehead atoms. The molecule has 1 rings (SSSR count). The van der Waals surface area contributed by atoms with Gasteiger partial charge in [0.1, 0.15) is 11.8 Å². The minimum atomic E-state index is -0.794. The Morgan fingerprint density at radius 1 is 0.962 bits per heavy atom. The lowest BCUT2D eigenvalue weighted by Gasteiger charge is -2.21. The fraction of sp³-hybridized carbons (Fsp3) is 0.789. The molecule has 1 atom stereocenters. The lowest BCUT2D eigenvalue weighted by Crippen LogP contribution is -2.36. The molecule has 0 aromatic carbocycles. The molecule has 3 amide bonds. The molecular weight excluding hydrogens is 336 g/mol. The number of likely N-dealkylation sites (N-methyl/N-ethyl adjacent to an activating group) is 1. The first-order valence-electron chi connectivity index (χ1n) is 9.70. The highest BCUT2D eigenvalue weighted by molar-refractivity contribution is 6.04. The zero-order valence-corrected chi connectivity index (χ0v) is 16.0. The van der Waals surface area contributed by atoms with Gasteiger partial charge in [-0.1, -0.05) is 39.0 Å². The predicted molar refractivity (Wildman–Crippen MR) is 97.8 cm³/mol. The fourth-order valence-corrected chi connectivity index (χ4v) is 3.22. The summed E-state index contributed by atoms with van der Waals surface area (Å²) >= 11 is 0. The van der Waals surface area contributed by atoms with Crippen molar-refractivity contribution in [3.8, 4) is 0 Å². The molecule has 1 N–H and O–H groups in total. The molecule has 7 nitrogen and oxygen atoms in total. The third-order valence-electron chi connectivity index (χ3n) is 4.83. The van der Waals surface area contributed by atoms with Crippen molar-refractivity contribution in [3.05, 3.63) is 0 Å². The monoisotopic (exact) mass is 368 g/mol. The van der Waals surface area contributed by atoms with Gasteiger partial charge in [0.25, 0.3) is 5.91 Å². The summed E-state index contributed by atoms with van der Waals surface area (Å²) in [5, 5.41) is 8.62. The molecular formula is C19H32N2O5. The highest BCUT2D eigenvalue weighted by Gasteiger charge is 2.42. The first-order chi connectivity index (χ1) is 12.4. The van der Waals surface area contributed by atoms with E-state index >= 15 is 0 Å². The highest BCUT2D eigenvalue weighted by Crippen LogP contribution is 2.22. The van der Waals surface area contributed by atoms with E-state index in [2.05, 4.69) is 6.92 Å². The van der Waals surface area contributed by atoms with Crippen molar-refractivity contribution in [1.29, 1.82) is 0 Å². The van der Waals surface area contributed by atoms with Crippen molar-refractivity contribution < 1.29 is 24.3 Å². The Balaban J connectivity index is 2.42. The number of unbranched alkanes of at least 4 members (excludes halogenated alkanes) is 5. The number of hydrogen-bond donors (Lipinski definition) is 1. The molecule has 0 radical (unpaired) electrons. The summed E-state index contributed by atoms with van der Waals surface area (Å²) in [6.07, 6.45) is 7.54. The Bertz CT molecular complexity index is 506. The average molecular weight is 368 g/mol. The number of hydrogen-bond acceptors (Lipinski definition) is 4. The molecule has 1 heterocycles. The normalized spacial score (nSPS) is 17.2. The molecule has 1 aliphatic heterocycles. The third-order valence-corrected chi connectivity index (χ3v) is 4.83. The van der Waals surface area contributed by atoms with E-state index in [0.717, 1.165) is 43.4 Å². The number of ketones is 1. The van der Waals surface area contributed by atoms with Crippen molar-refractivity contribution in [1.82, 2.24) is 9.80 Å². The maximum atomic E-state index is 12.3. The molecule has 7 heteroatoms. The van der Waals surface area contributed by atoms with E-state index in [9.17, 15) is 19.2 Å². The highest BCUT2D eigenvalue weighted by atomic mass is 16.4. The minimum Gasteiger partial charge on any atom is -0.481 e. The first kappa shape index (κ1) is 22.1. The molecule has 1 aliphatic rings. The number of aliphatic carboxylic acids is 1. The van der Waals surface area contributed by atoms with Crippen LogP contribution in [0.5, 0.6) is 0 Å². The Labute approximate surface area is 155 Å². The largest absolute Gasteiger partial charge is 0.481 e. The van der Waals surface area contributed by atoms with E-state index in [0.29, 0.717) is 32.2 Å². The molecule has 0 aromatic heterocycles. The quantitative estimate of drug-likeness (QED) is 0.375. The zero-order valence-electron chi connectivity index (χ0n) is 16.0. The Hall–Kier alpha value is -1.92. The van der Waals surface area contributed by atoms with Gasteiger partial charge in [0, 0.05) is 32.9 Å². The summed E-state index contributed by atoms with van der Waals surface area (Å²) in [6.45, 7) is 2.38. The van der Waals surface area contributed by atoms with E-state index in [1.165, 1.54) is 11.9 Å². The molecule has 0 spiro atoms. The summed E-state index contributed by atoms with van der Waals surface area (Å²) < 4.78 is 0. The number of amides is 3. The lowest BCUT2D eigenvalue weighted by molar-refractivity contribution is -0.137.